The summed E-state index contributed by atoms with van der Waals surface area (Å²) in [5.74, 6) is 0. The van der Waals surface area contributed by atoms with Gasteiger partial charge in [-0.3, -0.25) is 0 Å². The van der Waals surface area contributed by atoms with E-state index in [9.17, 15) is 0 Å². The van der Waals surface area contributed by atoms with Crippen molar-refractivity contribution in [3.05, 3.63) is 73.3 Å². The van der Waals surface area contributed by atoms with Crippen LogP contribution < -0.4 is 0 Å². The van der Waals surface area contributed by atoms with Crippen molar-refractivity contribution in [1.82, 2.24) is 9.55 Å². The molecule has 0 saturated heterocycles. The van der Waals surface area contributed by atoms with Crippen molar-refractivity contribution in [1.29, 1.82) is 0 Å². The summed E-state index contributed by atoms with van der Waals surface area (Å²) in [4.78, 5) is 4.87. The average Bonchev–Trinajstić information content (AvgIpc) is 2.95. The summed E-state index contributed by atoms with van der Waals surface area (Å²) in [7, 11) is 0. The van der Waals surface area contributed by atoms with Gasteiger partial charge in [-0.2, -0.15) is 0 Å². The van der Waals surface area contributed by atoms with Crippen LogP contribution in [-0.4, -0.2) is 15.8 Å². The lowest BCUT2D eigenvalue weighted by molar-refractivity contribution is 0.733. The van der Waals surface area contributed by atoms with E-state index < -0.39 is 0 Å². The van der Waals surface area contributed by atoms with Gasteiger partial charge in [0.1, 0.15) is 0 Å². The Balaban J connectivity index is 2.27. The van der Waals surface area contributed by atoms with Crippen LogP contribution in [0.15, 0.2) is 78.5 Å². The van der Waals surface area contributed by atoms with Gasteiger partial charge in [-0.1, -0.05) is 78.5 Å². The Kier molecular flexibility index (Phi) is 4.45. The highest BCUT2D eigenvalue weighted by molar-refractivity contribution is 7.98. The predicted molar refractivity (Wildman–Crippen MR) is 95.1 cm³/mol. The molecule has 0 amide bonds. The Morgan fingerprint density at radius 2 is 1.59 bits per heavy atom. The fourth-order valence-electron chi connectivity index (χ4n) is 2.57. The van der Waals surface area contributed by atoms with E-state index in [-0.39, 0.29) is 0 Å². The minimum Gasteiger partial charge on any atom is -0.315 e. The van der Waals surface area contributed by atoms with Gasteiger partial charge in [-0.05, 0) is 6.26 Å². The van der Waals surface area contributed by atoms with Crippen LogP contribution in [0.5, 0.6) is 0 Å². The highest BCUT2D eigenvalue weighted by Gasteiger charge is 2.18. The predicted octanol–water partition coefficient (Wildman–Crippen LogP) is 5.13. The largest absolute Gasteiger partial charge is 0.315 e. The molecule has 0 saturated carbocycles. The monoisotopic (exact) mass is 306 g/mol. The molecule has 22 heavy (non-hydrogen) atoms. The van der Waals surface area contributed by atoms with Crippen LogP contribution in [-0.2, 0) is 6.54 Å². The number of benzene rings is 2. The first-order valence-corrected chi connectivity index (χ1v) is 8.44. The number of rotatable bonds is 5. The maximum absolute atomic E-state index is 4.87. The van der Waals surface area contributed by atoms with E-state index in [2.05, 4.69) is 65.9 Å². The molecule has 3 heteroatoms. The van der Waals surface area contributed by atoms with Gasteiger partial charge in [0, 0.05) is 17.7 Å². The van der Waals surface area contributed by atoms with Crippen molar-refractivity contribution in [3.63, 3.8) is 0 Å². The number of nitrogens with zero attached hydrogens (tertiary/aromatic N) is 2. The van der Waals surface area contributed by atoms with E-state index in [0.29, 0.717) is 0 Å². The second kappa shape index (κ2) is 6.67. The highest BCUT2D eigenvalue weighted by Crippen LogP contribution is 2.35. The topological polar surface area (TPSA) is 17.8 Å². The van der Waals surface area contributed by atoms with Crippen molar-refractivity contribution in [2.75, 3.05) is 6.26 Å². The van der Waals surface area contributed by atoms with Crippen LogP contribution >= 0.6 is 11.8 Å². The number of aromatic nitrogens is 2. The van der Waals surface area contributed by atoms with Gasteiger partial charge in [0.05, 0.1) is 11.4 Å². The minimum absolute atomic E-state index is 0.750. The van der Waals surface area contributed by atoms with Crippen molar-refractivity contribution in [3.8, 4) is 22.5 Å². The van der Waals surface area contributed by atoms with Crippen molar-refractivity contribution < 1.29 is 0 Å². The maximum atomic E-state index is 4.87. The standard InChI is InChI=1S/C19H18N2S/c1-3-14-21-18(16-12-8-5-9-13-16)17(20-19(21)22-2)15-10-6-4-7-11-15/h3-13H,1,14H2,2H3. The third-order valence-corrected chi connectivity index (χ3v) is 4.20. The zero-order valence-electron chi connectivity index (χ0n) is 12.6. The fourth-order valence-corrected chi connectivity index (χ4v) is 3.14. The molecule has 2 aromatic carbocycles. The fraction of sp³-hybridized carbons (Fsp3) is 0.105. The van der Waals surface area contributed by atoms with E-state index >= 15 is 0 Å². The van der Waals surface area contributed by atoms with Gasteiger partial charge in [-0.15, -0.1) is 6.58 Å². The molecular formula is C19H18N2S. The molecule has 0 atom stereocenters. The summed E-state index contributed by atoms with van der Waals surface area (Å²) in [6, 6.07) is 20.8. The van der Waals surface area contributed by atoms with Crippen molar-refractivity contribution in [2.45, 2.75) is 11.7 Å². The molecule has 3 aromatic rings. The highest BCUT2D eigenvalue weighted by atomic mass is 32.2. The van der Waals surface area contributed by atoms with Crippen LogP contribution in [0.4, 0.5) is 0 Å². The summed E-state index contributed by atoms with van der Waals surface area (Å²) in [6.07, 6.45) is 3.98. The third kappa shape index (κ3) is 2.72. The molecule has 0 radical (unpaired) electrons. The van der Waals surface area contributed by atoms with Crippen molar-refractivity contribution in [2.24, 2.45) is 0 Å². The summed E-state index contributed by atoms with van der Waals surface area (Å²) in [6.45, 7) is 4.64. The van der Waals surface area contributed by atoms with Crippen LogP contribution in [0.2, 0.25) is 0 Å². The summed E-state index contributed by atoms with van der Waals surface area (Å²) >= 11 is 1.66. The van der Waals surface area contributed by atoms with E-state index in [1.54, 1.807) is 11.8 Å². The quantitative estimate of drug-likeness (QED) is 0.480. The molecule has 0 aliphatic carbocycles. The molecule has 110 valence electrons. The number of thioether (sulfide) groups is 1. The second-order valence-electron chi connectivity index (χ2n) is 4.93. The normalized spacial score (nSPS) is 10.6. The molecule has 0 bridgehead atoms. The Hall–Kier alpha value is -2.26. The Labute approximate surface area is 135 Å². The molecule has 0 unspecified atom stereocenters. The lowest BCUT2D eigenvalue weighted by Crippen LogP contribution is -2.00. The van der Waals surface area contributed by atoms with Crippen LogP contribution in [0.25, 0.3) is 22.5 Å². The zero-order chi connectivity index (χ0) is 15.4. The molecule has 0 aliphatic heterocycles. The summed E-state index contributed by atoms with van der Waals surface area (Å²) < 4.78 is 2.23. The Bertz CT molecular complexity index is 761. The molecule has 2 nitrogen and oxygen atoms in total. The molecular weight excluding hydrogens is 288 g/mol. The van der Waals surface area contributed by atoms with E-state index in [1.807, 2.05) is 18.2 Å². The third-order valence-electron chi connectivity index (χ3n) is 3.52. The van der Waals surface area contributed by atoms with Crippen LogP contribution in [0.1, 0.15) is 0 Å². The minimum atomic E-state index is 0.750. The smallest absolute Gasteiger partial charge is 0.169 e. The SMILES string of the molecule is C=CCn1c(SC)nc(-c2ccccc2)c1-c1ccccc1. The first kappa shape index (κ1) is 14.7. The van der Waals surface area contributed by atoms with E-state index in [1.165, 1.54) is 5.56 Å². The molecule has 3 rings (SSSR count). The maximum Gasteiger partial charge on any atom is 0.169 e. The summed E-state index contributed by atoms with van der Waals surface area (Å²) in [5.41, 5.74) is 4.49. The van der Waals surface area contributed by atoms with Gasteiger partial charge in [0.15, 0.2) is 5.16 Å². The van der Waals surface area contributed by atoms with E-state index in [4.69, 9.17) is 4.98 Å². The van der Waals surface area contributed by atoms with Crippen LogP contribution in [0.3, 0.4) is 0 Å². The van der Waals surface area contributed by atoms with Crippen LogP contribution in [0, 0.1) is 0 Å². The number of hydrogen-bond acceptors (Lipinski definition) is 2. The van der Waals surface area contributed by atoms with Gasteiger partial charge < -0.3 is 4.57 Å². The second-order valence-corrected chi connectivity index (χ2v) is 5.70. The van der Waals surface area contributed by atoms with Gasteiger partial charge >= 0.3 is 0 Å². The molecule has 0 fully saturated rings. The average molecular weight is 306 g/mol. The zero-order valence-corrected chi connectivity index (χ0v) is 13.4. The van der Waals surface area contributed by atoms with Gasteiger partial charge in [-0.25, -0.2) is 4.98 Å². The number of hydrogen-bond donors (Lipinski definition) is 0. The van der Waals surface area contributed by atoms with Gasteiger partial charge in [0.25, 0.3) is 0 Å². The van der Waals surface area contributed by atoms with Crippen molar-refractivity contribution >= 4 is 11.8 Å². The lowest BCUT2D eigenvalue weighted by atomic mass is 10.0. The Morgan fingerprint density at radius 1 is 1.00 bits per heavy atom. The summed E-state index contributed by atoms with van der Waals surface area (Å²) in [5, 5.41) is 1.01. The lowest BCUT2D eigenvalue weighted by Gasteiger charge is -2.10. The molecule has 1 aromatic heterocycles. The first-order valence-electron chi connectivity index (χ1n) is 7.21. The van der Waals surface area contributed by atoms with E-state index in [0.717, 1.165) is 28.7 Å². The molecule has 0 N–H and O–H groups in total. The number of allylic oxidation sites excluding steroid dienone is 1. The Morgan fingerprint density at radius 3 is 2.14 bits per heavy atom. The number of imidazole rings is 1. The molecule has 0 spiro atoms. The molecule has 0 aliphatic rings. The van der Waals surface area contributed by atoms with Gasteiger partial charge in [0.2, 0.25) is 0 Å². The first-order chi connectivity index (χ1) is 10.8. The molecule has 1 heterocycles.